The number of likely N-dealkylation sites (tertiary alicyclic amines) is 1. The van der Waals surface area contributed by atoms with Crippen molar-refractivity contribution >= 4 is 23.7 Å². The molecule has 1 heterocycles. The Morgan fingerprint density at radius 1 is 1.11 bits per heavy atom. The van der Waals surface area contributed by atoms with Crippen LogP contribution in [0.1, 0.15) is 51.0 Å². The van der Waals surface area contributed by atoms with Crippen LogP contribution in [0.3, 0.4) is 0 Å². The quantitative estimate of drug-likeness (QED) is 0.193. The van der Waals surface area contributed by atoms with Crippen LogP contribution in [0.5, 0.6) is 5.75 Å². The lowest BCUT2D eigenvalue weighted by Crippen LogP contribution is -2.50. The van der Waals surface area contributed by atoms with Gasteiger partial charge in [-0.2, -0.15) is 0 Å². The number of hydrogen-bond acceptors (Lipinski definition) is 8. The summed E-state index contributed by atoms with van der Waals surface area (Å²) in [5.74, 6) is -1.22. The summed E-state index contributed by atoms with van der Waals surface area (Å²) < 4.78 is 9.98. The molecule has 0 saturated carbocycles. The minimum Gasteiger partial charge on any atom is -0.497 e. The Morgan fingerprint density at radius 3 is 2.57 bits per heavy atom. The van der Waals surface area contributed by atoms with E-state index in [2.05, 4.69) is 16.0 Å². The molecular formula is C26H40N4O7. The summed E-state index contributed by atoms with van der Waals surface area (Å²) in [7, 11) is 1.59. The summed E-state index contributed by atoms with van der Waals surface area (Å²) in [6.45, 7) is 3.85. The predicted octanol–water partition coefficient (Wildman–Crippen LogP) is 0.493. The molecule has 0 spiro atoms. The monoisotopic (exact) mass is 520 g/mol. The van der Waals surface area contributed by atoms with E-state index in [1.54, 1.807) is 18.9 Å². The predicted molar refractivity (Wildman–Crippen MR) is 137 cm³/mol. The molecule has 0 radical (unpaired) electrons. The van der Waals surface area contributed by atoms with E-state index in [-0.39, 0.29) is 38.4 Å². The summed E-state index contributed by atoms with van der Waals surface area (Å²) >= 11 is 0. The second-order valence-corrected chi connectivity index (χ2v) is 8.96. The maximum Gasteiger partial charge on any atom is 0.315 e. The molecule has 3 amide bonds. The number of amides is 3. The number of methoxy groups -OCH3 is 1. The van der Waals surface area contributed by atoms with Gasteiger partial charge in [0.15, 0.2) is 0 Å². The molecule has 0 bridgehead atoms. The Balaban J connectivity index is 1.84. The summed E-state index contributed by atoms with van der Waals surface area (Å²) in [4.78, 5) is 51.1. The fraction of sp³-hybridized carbons (Fsp3) is 0.615. The number of rotatable bonds is 15. The van der Waals surface area contributed by atoms with E-state index < -0.39 is 36.4 Å². The molecule has 1 saturated heterocycles. The Morgan fingerprint density at radius 2 is 1.86 bits per heavy atom. The molecule has 11 heteroatoms. The van der Waals surface area contributed by atoms with Gasteiger partial charge in [-0.1, -0.05) is 12.1 Å². The minimum atomic E-state index is -1.02. The van der Waals surface area contributed by atoms with Crippen molar-refractivity contribution < 1.29 is 33.8 Å². The van der Waals surface area contributed by atoms with Crippen molar-refractivity contribution in [2.75, 3.05) is 39.9 Å². The third-order valence-corrected chi connectivity index (χ3v) is 5.97. The molecule has 0 aliphatic carbocycles. The number of carbonyl (C=O) groups excluding carboxylic acids is 4. The lowest BCUT2D eigenvalue weighted by atomic mass is 10.1. The van der Waals surface area contributed by atoms with Gasteiger partial charge < -0.3 is 35.4 Å². The molecule has 1 aliphatic heterocycles. The number of carbonyl (C=O) groups is 4. The Bertz CT molecular complexity index is 889. The van der Waals surface area contributed by atoms with Crippen molar-refractivity contribution in [1.29, 1.82) is 0 Å². The smallest absolute Gasteiger partial charge is 0.315 e. The van der Waals surface area contributed by atoms with E-state index in [4.69, 9.17) is 9.47 Å². The molecule has 2 rings (SSSR count). The largest absolute Gasteiger partial charge is 0.497 e. The average molecular weight is 521 g/mol. The van der Waals surface area contributed by atoms with Gasteiger partial charge in [0.2, 0.25) is 17.7 Å². The molecule has 37 heavy (non-hydrogen) atoms. The standard InChI is InChI=1S/C26H40N4O7/c1-3-37-25(34)15-23(32)29-22(10-11-24(33)30-12-5-4-6-13-30)26(35)28-18-20(31)17-27-16-19-8-7-9-21(14-19)36-2/h7-9,14,20,22,27,31H,3-6,10-13,15-18H2,1-2H3,(H,28,35)(H,29,32). The van der Waals surface area contributed by atoms with Crippen LogP contribution in [0.25, 0.3) is 0 Å². The van der Waals surface area contributed by atoms with Crippen molar-refractivity contribution in [2.45, 2.75) is 64.1 Å². The number of nitrogens with zero attached hydrogens (tertiary/aromatic N) is 1. The molecule has 1 fully saturated rings. The number of hydrogen-bond donors (Lipinski definition) is 4. The second-order valence-electron chi connectivity index (χ2n) is 8.96. The number of benzene rings is 1. The molecule has 4 N–H and O–H groups in total. The van der Waals surface area contributed by atoms with E-state index >= 15 is 0 Å². The highest BCUT2D eigenvalue weighted by molar-refractivity contribution is 5.96. The van der Waals surface area contributed by atoms with Crippen LogP contribution in [-0.4, -0.2) is 85.7 Å². The molecule has 2 atom stereocenters. The van der Waals surface area contributed by atoms with Gasteiger partial charge in [-0.05, 0) is 50.3 Å². The van der Waals surface area contributed by atoms with Gasteiger partial charge in [0.05, 0.1) is 19.8 Å². The number of aliphatic hydroxyl groups is 1. The van der Waals surface area contributed by atoms with E-state index in [0.717, 1.165) is 30.6 Å². The van der Waals surface area contributed by atoms with Crippen molar-refractivity contribution in [2.24, 2.45) is 0 Å². The first-order valence-electron chi connectivity index (χ1n) is 12.8. The Hall–Kier alpha value is -3.18. The van der Waals surface area contributed by atoms with E-state index in [1.807, 2.05) is 24.3 Å². The van der Waals surface area contributed by atoms with Crippen LogP contribution in [-0.2, 0) is 30.5 Å². The number of ether oxygens (including phenoxy) is 2. The van der Waals surface area contributed by atoms with E-state index in [0.29, 0.717) is 19.6 Å². The van der Waals surface area contributed by atoms with Crippen LogP contribution in [0.4, 0.5) is 0 Å². The minimum absolute atomic E-state index is 0.0474. The zero-order chi connectivity index (χ0) is 27.0. The number of piperidine rings is 1. The van der Waals surface area contributed by atoms with Gasteiger partial charge in [0.1, 0.15) is 18.2 Å². The molecule has 206 valence electrons. The first kappa shape index (κ1) is 30.0. The lowest BCUT2D eigenvalue weighted by Gasteiger charge is -2.27. The number of esters is 1. The third-order valence-electron chi connectivity index (χ3n) is 5.97. The first-order chi connectivity index (χ1) is 17.8. The normalized spacial score (nSPS) is 14.8. The third kappa shape index (κ3) is 11.6. The van der Waals surface area contributed by atoms with Gasteiger partial charge in [-0.3, -0.25) is 19.2 Å². The van der Waals surface area contributed by atoms with E-state index in [9.17, 15) is 24.3 Å². The van der Waals surface area contributed by atoms with Gasteiger partial charge in [-0.15, -0.1) is 0 Å². The van der Waals surface area contributed by atoms with Crippen molar-refractivity contribution in [1.82, 2.24) is 20.9 Å². The fourth-order valence-corrected chi connectivity index (χ4v) is 4.01. The van der Waals surface area contributed by atoms with Crippen LogP contribution in [0.2, 0.25) is 0 Å². The maximum absolute atomic E-state index is 12.8. The molecule has 1 aromatic carbocycles. The highest BCUT2D eigenvalue weighted by atomic mass is 16.5. The van der Waals surface area contributed by atoms with Crippen LogP contribution >= 0.6 is 0 Å². The molecule has 0 aromatic heterocycles. The molecule has 2 unspecified atom stereocenters. The zero-order valence-electron chi connectivity index (χ0n) is 21.8. The summed E-state index contributed by atoms with van der Waals surface area (Å²) in [5.41, 5.74) is 0.985. The highest BCUT2D eigenvalue weighted by Gasteiger charge is 2.25. The van der Waals surface area contributed by atoms with Gasteiger partial charge >= 0.3 is 5.97 Å². The maximum atomic E-state index is 12.8. The molecule has 11 nitrogen and oxygen atoms in total. The zero-order valence-corrected chi connectivity index (χ0v) is 21.8. The van der Waals surface area contributed by atoms with Gasteiger partial charge in [0, 0.05) is 39.1 Å². The number of nitrogens with one attached hydrogen (secondary N) is 3. The number of aliphatic hydroxyl groups excluding tert-OH is 1. The van der Waals surface area contributed by atoms with Gasteiger partial charge in [-0.25, -0.2) is 0 Å². The molecule has 1 aliphatic rings. The van der Waals surface area contributed by atoms with Crippen molar-refractivity contribution in [3.05, 3.63) is 29.8 Å². The summed E-state index contributed by atoms with van der Waals surface area (Å²) in [5, 5.41) is 18.6. The Kier molecular flexibility index (Phi) is 13.4. The highest BCUT2D eigenvalue weighted by Crippen LogP contribution is 2.13. The fourth-order valence-electron chi connectivity index (χ4n) is 4.01. The lowest BCUT2D eigenvalue weighted by molar-refractivity contribution is -0.146. The Labute approximate surface area is 218 Å². The van der Waals surface area contributed by atoms with Crippen LogP contribution < -0.4 is 20.7 Å². The van der Waals surface area contributed by atoms with E-state index in [1.165, 1.54) is 0 Å². The van der Waals surface area contributed by atoms with Crippen LogP contribution in [0.15, 0.2) is 24.3 Å². The van der Waals surface area contributed by atoms with Crippen LogP contribution in [0, 0.1) is 0 Å². The van der Waals surface area contributed by atoms with Crippen molar-refractivity contribution in [3.63, 3.8) is 0 Å². The van der Waals surface area contributed by atoms with Crippen molar-refractivity contribution in [3.8, 4) is 5.75 Å². The summed E-state index contributed by atoms with van der Waals surface area (Å²) in [6, 6.07) is 6.51. The molecular weight excluding hydrogens is 480 g/mol. The SMILES string of the molecule is CCOC(=O)CC(=O)NC(CCC(=O)N1CCCCC1)C(=O)NCC(O)CNCc1cccc(OC)c1. The topological polar surface area (TPSA) is 146 Å². The summed E-state index contributed by atoms with van der Waals surface area (Å²) in [6.07, 6.45) is 1.78. The average Bonchev–Trinajstić information content (AvgIpc) is 2.90. The molecule has 1 aromatic rings. The first-order valence-corrected chi connectivity index (χ1v) is 12.8. The van der Waals surface area contributed by atoms with Gasteiger partial charge in [0.25, 0.3) is 0 Å². The second kappa shape index (κ2) is 16.5.